The van der Waals surface area contributed by atoms with Gasteiger partial charge in [0.25, 0.3) is 0 Å². The van der Waals surface area contributed by atoms with Crippen LogP contribution in [0.25, 0.3) is 0 Å². The van der Waals surface area contributed by atoms with Gasteiger partial charge in [0.15, 0.2) is 0 Å². The van der Waals surface area contributed by atoms with E-state index in [0.717, 1.165) is 16.9 Å². The second-order valence-electron chi connectivity index (χ2n) is 6.43. The fourth-order valence-electron chi connectivity index (χ4n) is 2.90. The molecule has 0 saturated heterocycles. The highest BCUT2D eigenvalue weighted by atomic mass is 16.3. The second kappa shape index (κ2) is 8.50. The Balaban J connectivity index is 1.74. The first-order chi connectivity index (χ1) is 12.6. The van der Waals surface area contributed by atoms with Crippen molar-refractivity contribution in [1.29, 1.82) is 0 Å². The molecule has 134 valence electrons. The van der Waals surface area contributed by atoms with Crippen molar-refractivity contribution in [3.8, 4) is 0 Å². The summed E-state index contributed by atoms with van der Waals surface area (Å²) in [7, 11) is 1.92. The monoisotopic (exact) mass is 348 g/mol. The van der Waals surface area contributed by atoms with Crippen molar-refractivity contribution in [3.05, 3.63) is 95.9 Å². The van der Waals surface area contributed by atoms with Crippen LogP contribution in [-0.4, -0.2) is 23.9 Å². The highest BCUT2D eigenvalue weighted by molar-refractivity contribution is 5.82. The van der Waals surface area contributed by atoms with E-state index in [1.807, 2.05) is 91.7 Å². The van der Waals surface area contributed by atoms with E-state index < -0.39 is 0 Å². The molecule has 0 radical (unpaired) electrons. The van der Waals surface area contributed by atoms with Crippen molar-refractivity contribution in [2.45, 2.75) is 25.6 Å². The normalized spacial score (nSPS) is 12.3. The molecule has 0 aliphatic heterocycles. The molecule has 1 heterocycles. The Kier molecular flexibility index (Phi) is 5.87. The van der Waals surface area contributed by atoms with E-state index in [4.69, 9.17) is 4.42 Å². The molecule has 0 aliphatic rings. The molecule has 0 spiro atoms. The van der Waals surface area contributed by atoms with E-state index in [2.05, 4.69) is 5.32 Å². The first kappa shape index (κ1) is 18.0. The number of nitrogens with zero attached hydrogens (tertiary/aromatic N) is 1. The number of nitrogens with one attached hydrogen (secondary N) is 1. The van der Waals surface area contributed by atoms with Crippen LogP contribution in [0.2, 0.25) is 0 Å². The number of carbonyl (C=O) groups excluding carboxylic acids is 1. The molecule has 3 rings (SSSR count). The lowest BCUT2D eigenvalue weighted by Gasteiger charge is -2.26. The summed E-state index contributed by atoms with van der Waals surface area (Å²) in [5, 5.41) is 3.20. The molecule has 26 heavy (non-hydrogen) atoms. The molecule has 1 atom stereocenters. The van der Waals surface area contributed by atoms with E-state index in [1.165, 1.54) is 0 Å². The number of hydrogen-bond donors (Lipinski definition) is 1. The lowest BCUT2D eigenvalue weighted by Crippen LogP contribution is -2.44. The maximum absolute atomic E-state index is 12.9. The minimum atomic E-state index is -0.282. The lowest BCUT2D eigenvalue weighted by molar-refractivity contribution is -0.126. The number of likely N-dealkylation sites (N-methyl/N-ethyl adjacent to an activating group) is 1. The highest BCUT2D eigenvalue weighted by Gasteiger charge is 2.23. The van der Waals surface area contributed by atoms with Crippen LogP contribution in [0.5, 0.6) is 0 Å². The van der Waals surface area contributed by atoms with Crippen molar-refractivity contribution >= 4 is 5.91 Å². The van der Waals surface area contributed by atoms with Crippen LogP contribution in [-0.2, 0) is 11.3 Å². The minimum absolute atomic E-state index is 0.0169. The SMILES string of the molecule is C[C@@H](C(=O)NC(c1ccccc1)c1ccccc1)N(C)Cc1ccco1. The van der Waals surface area contributed by atoms with Crippen molar-refractivity contribution in [2.24, 2.45) is 0 Å². The number of rotatable bonds is 7. The van der Waals surface area contributed by atoms with E-state index >= 15 is 0 Å². The maximum atomic E-state index is 12.9. The van der Waals surface area contributed by atoms with Gasteiger partial charge in [-0.05, 0) is 37.2 Å². The van der Waals surface area contributed by atoms with Gasteiger partial charge in [0.05, 0.1) is 24.9 Å². The molecule has 1 aromatic heterocycles. The molecule has 0 saturated carbocycles. The lowest BCUT2D eigenvalue weighted by atomic mass is 9.98. The Labute approximate surface area is 154 Å². The second-order valence-corrected chi connectivity index (χ2v) is 6.43. The highest BCUT2D eigenvalue weighted by Crippen LogP contribution is 2.22. The van der Waals surface area contributed by atoms with E-state index in [-0.39, 0.29) is 18.0 Å². The van der Waals surface area contributed by atoms with Gasteiger partial charge in [0, 0.05) is 0 Å². The Morgan fingerprint density at radius 1 is 0.962 bits per heavy atom. The smallest absolute Gasteiger partial charge is 0.237 e. The molecular weight excluding hydrogens is 324 g/mol. The van der Waals surface area contributed by atoms with Crippen molar-refractivity contribution in [1.82, 2.24) is 10.2 Å². The fraction of sp³-hybridized carbons (Fsp3) is 0.227. The molecule has 2 aromatic carbocycles. The molecule has 0 fully saturated rings. The minimum Gasteiger partial charge on any atom is -0.468 e. The van der Waals surface area contributed by atoms with Gasteiger partial charge in [0.2, 0.25) is 5.91 Å². The zero-order chi connectivity index (χ0) is 18.4. The van der Waals surface area contributed by atoms with Gasteiger partial charge in [-0.3, -0.25) is 9.69 Å². The summed E-state index contributed by atoms with van der Waals surface area (Å²) in [4.78, 5) is 14.9. The average molecular weight is 348 g/mol. The first-order valence-corrected chi connectivity index (χ1v) is 8.78. The number of carbonyl (C=O) groups is 1. The Morgan fingerprint density at radius 3 is 2.04 bits per heavy atom. The third kappa shape index (κ3) is 4.41. The Hall–Kier alpha value is -2.85. The predicted octanol–water partition coefficient (Wildman–Crippen LogP) is 4.01. The van der Waals surface area contributed by atoms with E-state index in [0.29, 0.717) is 6.54 Å². The van der Waals surface area contributed by atoms with Gasteiger partial charge in [-0.15, -0.1) is 0 Å². The topological polar surface area (TPSA) is 45.5 Å². The zero-order valence-corrected chi connectivity index (χ0v) is 15.1. The van der Waals surface area contributed by atoms with Crippen molar-refractivity contribution in [3.63, 3.8) is 0 Å². The zero-order valence-electron chi connectivity index (χ0n) is 15.1. The third-order valence-corrected chi connectivity index (χ3v) is 4.58. The molecule has 0 unspecified atom stereocenters. The van der Waals surface area contributed by atoms with Crippen LogP contribution in [0, 0.1) is 0 Å². The average Bonchev–Trinajstić information content (AvgIpc) is 3.19. The Morgan fingerprint density at radius 2 is 1.54 bits per heavy atom. The van der Waals surface area contributed by atoms with Crippen LogP contribution < -0.4 is 5.32 Å². The summed E-state index contributed by atoms with van der Waals surface area (Å²) in [5.41, 5.74) is 2.13. The summed E-state index contributed by atoms with van der Waals surface area (Å²) in [6.45, 7) is 2.49. The summed E-state index contributed by atoms with van der Waals surface area (Å²) in [6, 6.07) is 23.4. The molecular formula is C22H24N2O2. The molecule has 1 amide bonds. The van der Waals surface area contributed by atoms with E-state index in [9.17, 15) is 4.79 Å². The van der Waals surface area contributed by atoms with Gasteiger partial charge >= 0.3 is 0 Å². The first-order valence-electron chi connectivity index (χ1n) is 8.78. The van der Waals surface area contributed by atoms with Gasteiger partial charge < -0.3 is 9.73 Å². The summed E-state index contributed by atoms with van der Waals surface area (Å²) < 4.78 is 5.38. The van der Waals surface area contributed by atoms with Crippen molar-refractivity contribution in [2.75, 3.05) is 7.05 Å². The number of furan rings is 1. The number of benzene rings is 2. The fourth-order valence-corrected chi connectivity index (χ4v) is 2.90. The van der Waals surface area contributed by atoms with Gasteiger partial charge in [-0.2, -0.15) is 0 Å². The molecule has 4 heteroatoms. The summed E-state index contributed by atoms with van der Waals surface area (Å²) in [6.07, 6.45) is 1.65. The summed E-state index contributed by atoms with van der Waals surface area (Å²) >= 11 is 0. The number of amides is 1. The quantitative estimate of drug-likeness (QED) is 0.702. The molecule has 3 aromatic rings. The van der Waals surface area contributed by atoms with Crippen LogP contribution in [0.4, 0.5) is 0 Å². The molecule has 1 N–H and O–H groups in total. The maximum Gasteiger partial charge on any atom is 0.237 e. The third-order valence-electron chi connectivity index (χ3n) is 4.58. The van der Waals surface area contributed by atoms with Crippen LogP contribution in [0.15, 0.2) is 83.5 Å². The van der Waals surface area contributed by atoms with Gasteiger partial charge in [0.1, 0.15) is 5.76 Å². The molecule has 4 nitrogen and oxygen atoms in total. The molecule has 0 bridgehead atoms. The predicted molar refractivity (Wildman–Crippen MR) is 103 cm³/mol. The summed E-state index contributed by atoms with van der Waals surface area (Å²) in [5.74, 6) is 0.826. The molecule has 0 aliphatic carbocycles. The standard InChI is InChI=1S/C22H24N2O2/c1-17(24(2)16-20-14-9-15-26-20)22(25)23-21(18-10-5-3-6-11-18)19-12-7-4-8-13-19/h3-15,17,21H,16H2,1-2H3,(H,23,25)/t17-/m0/s1. The Bertz CT molecular complexity index is 761. The van der Waals surface area contributed by atoms with Gasteiger partial charge in [-0.1, -0.05) is 60.7 Å². The van der Waals surface area contributed by atoms with Gasteiger partial charge in [-0.25, -0.2) is 0 Å². The van der Waals surface area contributed by atoms with Crippen LogP contribution >= 0.6 is 0 Å². The van der Waals surface area contributed by atoms with E-state index in [1.54, 1.807) is 6.26 Å². The largest absolute Gasteiger partial charge is 0.468 e. The van der Waals surface area contributed by atoms with Crippen LogP contribution in [0.1, 0.15) is 29.9 Å². The van der Waals surface area contributed by atoms with Crippen LogP contribution in [0.3, 0.4) is 0 Å². The number of hydrogen-bond acceptors (Lipinski definition) is 3. The van der Waals surface area contributed by atoms with Crippen molar-refractivity contribution < 1.29 is 9.21 Å².